The third-order valence-electron chi connectivity index (χ3n) is 6.32. The molecule has 7 nitrogen and oxygen atoms in total. The first kappa shape index (κ1) is 23.7. The van der Waals surface area contributed by atoms with Crippen molar-refractivity contribution in [3.63, 3.8) is 0 Å². The third-order valence-corrected chi connectivity index (χ3v) is 6.32. The van der Waals surface area contributed by atoms with Crippen molar-refractivity contribution in [1.82, 2.24) is 15.1 Å². The van der Waals surface area contributed by atoms with Crippen LogP contribution >= 0.6 is 0 Å². The van der Waals surface area contributed by atoms with Gasteiger partial charge < -0.3 is 15.0 Å². The highest BCUT2D eigenvalue weighted by Crippen LogP contribution is 2.26. The van der Waals surface area contributed by atoms with Crippen LogP contribution in [0.25, 0.3) is 0 Å². The predicted octanol–water partition coefficient (Wildman–Crippen LogP) is 3.37. The van der Waals surface area contributed by atoms with E-state index in [1.165, 1.54) is 15.9 Å². The average Bonchev–Trinajstić information content (AvgIpc) is 3.52. The molecule has 0 unspecified atom stereocenters. The maximum Gasteiger partial charge on any atom is 0.410 e. The third kappa shape index (κ3) is 5.18. The summed E-state index contributed by atoms with van der Waals surface area (Å²) >= 11 is 0. The van der Waals surface area contributed by atoms with Gasteiger partial charge in [-0.1, -0.05) is 36.4 Å². The van der Waals surface area contributed by atoms with Gasteiger partial charge in [-0.15, -0.1) is 0 Å². The Balaban J connectivity index is 1.36. The van der Waals surface area contributed by atoms with Crippen LogP contribution in [0, 0.1) is 11.6 Å². The molecular formula is C25H27F2N3O4. The number of halogens is 2. The van der Waals surface area contributed by atoms with Crippen LogP contribution in [0.5, 0.6) is 0 Å². The van der Waals surface area contributed by atoms with E-state index in [1.807, 2.05) is 30.3 Å². The van der Waals surface area contributed by atoms with Crippen molar-refractivity contribution in [1.29, 1.82) is 0 Å². The van der Waals surface area contributed by atoms with Crippen LogP contribution in [0.2, 0.25) is 0 Å². The summed E-state index contributed by atoms with van der Waals surface area (Å²) in [7, 11) is 0. The maximum atomic E-state index is 13.9. The Labute approximate surface area is 196 Å². The summed E-state index contributed by atoms with van der Waals surface area (Å²) in [5.74, 6) is -2.25. The van der Waals surface area contributed by atoms with Crippen LogP contribution in [0.1, 0.15) is 36.8 Å². The molecule has 2 atom stereocenters. The number of nitrogens with one attached hydrogen (secondary N) is 1. The topological polar surface area (TPSA) is 79.0 Å². The molecule has 2 heterocycles. The number of hydrogen-bond acceptors (Lipinski definition) is 4. The summed E-state index contributed by atoms with van der Waals surface area (Å²) in [5.41, 5.74) is 0.621. The van der Waals surface area contributed by atoms with Gasteiger partial charge in [0.15, 0.2) is 0 Å². The van der Waals surface area contributed by atoms with Crippen molar-refractivity contribution in [3.8, 4) is 0 Å². The van der Waals surface area contributed by atoms with E-state index >= 15 is 0 Å². The van der Waals surface area contributed by atoms with Crippen molar-refractivity contribution in [2.45, 2.75) is 50.9 Å². The van der Waals surface area contributed by atoms with E-state index in [1.54, 1.807) is 0 Å². The molecule has 3 amide bonds. The molecule has 2 saturated heterocycles. The van der Waals surface area contributed by atoms with Gasteiger partial charge in [-0.3, -0.25) is 14.5 Å². The normalized spacial score (nSPS) is 19.8. The van der Waals surface area contributed by atoms with Crippen LogP contribution in [0.15, 0.2) is 48.5 Å². The number of benzene rings is 2. The highest BCUT2D eigenvalue weighted by Gasteiger charge is 2.42. The second-order valence-corrected chi connectivity index (χ2v) is 8.50. The molecule has 0 spiro atoms. The van der Waals surface area contributed by atoms with E-state index in [2.05, 4.69) is 5.32 Å². The van der Waals surface area contributed by atoms with E-state index < -0.39 is 35.7 Å². The summed E-state index contributed by atoms with van der Waals surface area (Å²) in [4.78, 5) is 41.7. The number of rotatable bonds is 6. The van der Waals surface area contributed by atoms with Gasteiger partial charge in [-0.05, 0) is 43.4 Å². The zero-order chi connectivity index (χ0) is 24.1. The molecule has 0 saturated carbocycles. The molecular weight excluding hydrogens is 444 g/mol. The van der Waals surface area contributed by atoms with Crippen LogP contribution in [-0.2, 0) is 27.5 Å². The quantitative estimate of drug-likeness (QED) is 0.701. The van der Waals surface area contributed by atoms with Gasteiger partial charge >= 0.3 is 6.09 Å². The molecule has 180 valence electrons. The van der Waals surface area contributed by atoms with Gasteiger partial charge in [0.25, 0.3) is 0 Å². The molecule has 4 rings (SSSR count). The fraction of sp³-hybridized carbons (Fsp3) is 0.400. The zero-order valence-corrected chi connectivity index (χ0v) is 18.7. The van der Waals surface area contributed by atoms with E-state index in [0.29, 0.717) is 38.8 Å². The lowest BCUT2D eigenvalue weighted by atomic mass is 10.1. The van der Waals surface area contributed by atoms with Crippen molar-refractivity contribution in [2.75, 3.05) is 13.1 Å². The molecule has 9 heteroatoms. The largest absolute Gasteiger partial charge is 0.445 e. The average molecular weight is 472 g/mol. The minimum Gasteiger partial charge on any atom is -0.445 e. The molecule has 0 aromatic heterocycles. The molecule has 2 aromatic carbocycles. The number of ether oxygens (including phenoxy) is 1. The van der Waals surface area contributed by atoms with Crippen LogP contribution in [0.3, 0.4) is 0 Å². The Morgan fingerprint density at radius 3 is 2.24 bits per heavy atom. The van der Waals surface area contributed by atoms with E-state index in [-0.39, 0.29) is 24.6 Å². The molecule has 1 N–H and O–H groups in total. The molecule has 2 aliphatic heterocycles. The standard InChI is InChI=1S/C25H27F2N3O4/c26-19-9-4-10-20(27)18(19)15-28-23(31)21-11-5-13-29(21)24(32)22-12-6-14-30(22)25(33)34-16-17-7-2-1-3-8-17/h1-4,7-10,21-22H,5-6,11-16H2,(H,28,31)/t21-,22-/m0/s1. The Kier molecular flexibility index (Phi) is 7.40. The lowest BCUT2D eigenvalue weighted by Crippen LogP contribution is -2.52. The Morgan fingerprint density at radius 1 is 0.882 bits per heavy atom. The van der Waals surface area contributed by atoms with Crippen molar-refractivity contribution < 1.29 is 27.9 Å². The Hall–Kier alpha value is -3.49. The number of carbonyl (C=O) groups is 3. The Bertz CT molecular complexity index is 1030. The van der Waals surface area contributed by atoms with Crippen molar-refractivity contribution in [3.05, 3.63) is 71.3 Å². The minimum absolute atomic E-state index is 0.110. The fourth-order valence-electron chi connectivity index (χ4n) is 4.53. The zero-order valence-electron chi connectivity index (χ0n) is 18.7. The van der Waals surface area contributed by atoms with Gasteiger partial charge in [0.2, 0.25) is 11.8 Å². The lowest BCUT2D eigenvalue weighted by molar-refractivity contribution is -0.141. The summed E-state index contributed by atoms with van der Waals surface area (Å²) in [6.07, 6.45) is 1.67. The minimum atomic E-state index is -0.745. The van der Waals surface area contributed by atoms with Gasteiger partial charge in [0.1, 0.15) is 30.3 Å². The van der Waals surface area contributed by atoms with Gasteiger partial charge in [-0.2, -0.15) is 0 Å². The highest BCUT2D eigenvalue weighted by molar-refractivity contribution is 5.92. The first-order valence-electron chi connectivity index (χ1n) is 11.4. The number of likely N-dealkylation sites (tertiary alicyclic amines) is 2. The number of nitrogens with zero attached hydrogens (tertiary/aromatic N) is 2. The molecule has 2 aliphatic rings. The van der Waals surface area contributed by atoms with Gasteiger partial charge in [0, 0.05) is 25.2 Å². The SMILES string of the molecule is O=C(NCc1c(F)cccc1F)[C@@H]1CCCN1C(=O)[C@@H]1CCCN1C(=O)OCc1ccccc1. The number of carbonyl (C=O) groups excluding carboxylic acids is 3. The second kappa shape index (κ2) is 10.6. The molecule has 0 bridgehead atoms. The summed E-state index contributed by atoms with van der Waals surface area (Å²) in [6, 6.07) is 11.3. The van der Waals surface area contributed by atoms with Crippen LogP contribution in [-0.4, -0.2) is 52.9 Å². The summed E-state index contributed by atoms with van der Waals surface area (Å²) in [5, 5.41) is 2.55. The van der Waals surface area contributed by atoms with Crippen LogP contribution < -0.4 is 5.32 Å². The maximum absolute atomic E-state index is 13.9. The fourth-order valence-corrected chi connectivity index (χ4v) is 4.53. The smallest absolute Gasteiger partial charge is 0.410 e. The van der Waals surface area contributed by atoms with E-state index in [4.69, 9.17) is 4.74 Å². The van der Waals surface area contributed by atoms with Gasteiger partial charge in [0.05, 0.1) is 0 Å². The number of amides is 3. The monoisotopic (exact) mass is 471 g/mol. The summed E-state index contributed by atoms with van der Waals surface area (Å²) < 4.78 is 33.1. The molecule has 2 aromatic rings. The van der Waals surface area contributed by atoms with E-state index in [9.17, 15) is 23.2 Å². The Morgan fingerprint density at radius 2 is 1.53 bits per heavy atom. The molecule has 0 radical (unpaired) electrons. The summed E-state index contributed by atoms with van der Waals surface area (Å²) in [6.45, 7) is 0.589. The second-order valence-electron chi connectivity index (χ2n) is 8.50. The lowest BCUT2D eigenvalue weighted by Gasteiger charge is -2.30. The number of hydrogen-bond donors (Lipinski definition) is 1. The highest BCUT2D eigenvalue weighted by atomic mass is 19.1. The van der Waals surface area contributed by atoms with E-state index in [0.717, 1.165) is 17.7 Å². The first-order valence-corrected chi connectivity index (χ1v) is 11.4. The molecule has 0 aliphatic carbocycles. The predicted molar refractivity (Wildman–Crippen MR) is 119 cm³/mol. The van der Waals surface area contributed by atoms with Crippen molar-refractivity contribution >= 4 is 17.9 Å². The van der Waals surface area contributed by atoms with Crippen LogP contribution in [0.4, 0.5) is 13.6 Å². The van der Waals surface area contributed by atoms with Gasteiger partial charge in [-0.25, -0.2) is 13.6 Å². The first-order chi connectivity index (χ1) is 16.5. The van der Waals surface area contributed by atoms with Crippen molar-refractivity contribution in [2.24, 2.45) is 0 Å². The molecule has 34 heavy (non-hydrogen) atoms. The molecule has 2 fully saturated rings.